The lowest BCUT2D eigenvalue weighted by Crippen LogP contribution is -2.22. The van der Waals surface area contributed by atoms with Gasteiger partial charge < -0.3 is 0 Å². The first-order chi connectivity index (χ1) is 7.90. The molecular formula is C15H15N. The predicted molar refractivity (Wildman–Crippen MR) is 68.3 cm³/mol. The van der Waals surface area contributed by atoms with Gasteiger partial charge in [0.1, 0.15) is 0 Å². The quantitative estimate of drug-likeness (QED) is 0.664. The number of hydrogen-bond donors (Lipinski definition) is 0. The van der Waals surface area contributed by atoms with Gasteiger partial charge in [0, 0.05) is 5.70 Å². The zero-order valence-electron chi connectivity index (χ0n) is 9.26. The van der Waals surface area contributed by atoms with Crippen molar-refractivity contribution in [1.82, 2.24) is 0 Å². The Morgan fingerprint density at radius 1 is 1.19 bits per heavy atom. The van der Waals surface area contributed by atoms with Crippen LogP contribution in [0.15, 0.2) is 65.8 Å². The summed E-state index contributed by atoms with van der Waals surface area (Å²) in [6.45, 7) is 3.64. The Morgan fingerprint density at radius 2 is 2.06 bits per heavy atom. The monoisotopic (exact) mass is 209 g/mol. The number of para-hydroxylation sites is 1. The van der Waals surface area contributed by atoms with Crippen LogP contribution in [0, 0.1) is 0 Å². The van der Waals surface area contributed by atoms with E-state index in [1.54, 1.807) is 6.08 Å². The summed E-state index contributed by atoms with van der Waals surface area (Å²) in [5.74, 6) is 0. The van der Waals surface area contributed by atoms with Crippen LogP contribution < -0.4 is 10.6 Å². The van der Waals surface area contributed by atoms with Gasteiger partial charge in [-0.25, -0.2) is 0 Å². The summed E-state index contributed by atoms with van der Waals surface area (Å²) in [5, 5.41) is 2.30. The zero-order valence-corrected chi connectivity index (χ0v) is 9.26. The van der Waals surface area contributed by atoms with Gasteiger partial charge in [0.2, 0.25) is 0 Å². The number of hydrogen-bond acceptors (Lipinski definition) is 1. The Balaban J connectivity index is 2.43. The number of fused-ring (bicyclic) bond motifs is 1. The molecule has 1 aliphatic rings. The summed E-state index contributed by atoms with van der Waals surface area (Å²) < 4.78 is 0. The Labute approximate surface area is 95.8 Å². The van der Waals surface area contributed by atoms with Crippen LogP contribution in [0.3, 0.4) is 0 Å². The van der Waals surface area contributed by atoms with Crippen molar-refractivity contribution in [1.29, 1.82) is 0 Å². The van der Waals surface area contributed by atoms with E-state index >= 15 is 0 Å². The van der Waals surface area contributed by atoms with Crippen molar-refractivity contribution in [3.63, 3.8) is 0 Å². The third-order valence-corrected chi connectivity index (χ3v) is 2.50. The first-order valence-corrected chi connectivity index (χ1v) is 5.52. The molecule has 0 spiro atoms. The van der Waals surface area contributed by atoms with Crippen LogP contribution in [-0.4, -0.2) is 0 Å². The van der Waals surface area contributed by atoms with E-state index in [4.69, 9.17) is 0 Å². The first-order valence-electron chi connectivity index (χ1n) is 5.52. The minimum absolute atomic E-state index is 0.996. The summed E-state index contributed by atoms with van der Waals surface area (Å²) in [6.07, 6.45) is 12.0. The van der Waals surface area contributed by atoms with Crippen molar-refractivity contribution in [2.24, 2.45) is 4.99 Å². The van der Waals surface area contributed by atoms with E-state index in [1.165, 1.54) is 5.22 Å². The van der Waals surface area contributed by atoms with Gasteiger partial charge in [0.15, 0.2) is 0 Å². The van der Waals surface area contributed by atoms with Crippen LogP contribution in [0.2, 0.25) is 0 Å². The largest absolute Gasteiger partial charge is 0.253 e. The van der Waals surface area contributed by atoms with Gasteiger partial charge in [-0.1, -0.05) is 49.1 Å². The topological polar surface area (TPSA) is 12.4 Å². The van der Waals surface area contributed by atoms with E-state index in [0.29, 0.717) is 0 Å². The fraction of sp³-hybridized carbons (Fsp3) is 0.133. The molecule has 1 aromatic carbocycles. The van der Waals surface area contributed by atoms with Gasteiger partial charge in [-0.05, 0) is 30.2 Å². The molecule has 2 rings (SSSR count). The molecule has 0 bridgehead atoms. The molecule has 1 heterocycles. The Kier molecular flexibility index (Phi) is 3.50. The molecule has 0 atom stereocenters. The second-order valence-electron chi connectivity index (χ2n) is 3.69. The van der Waals surface area contributed by atoms with Crippen molar-refractivity contribution < 1.29 is 0 Å². The maximum absolute atomic E-state index is 4.66. The average molecular weight is 209 g/mol. The highest BCUT2D eigenvalue weighted by Gasteiger charge is 1.97. The van der Waals surface area contributed by atoms with Gasteiger partial charge in [-0.15, -0.1) is 0 Å². The molecule has 0 unspecified atom stereocenters. The molecule has 1 aliphatic heterocycles. The molecule has 0 amide bonds. The average Bonchev–Trinajstić information content (AvgIpc) is 2.51. The summed E-state index contributed by atoms with van der Waals surface area (Å²) in [7, 11) is 0. The van der Waals surface area contributed by atoms with Gasteiger partial charge in [-0.3, -0.25) is 4.99 Å². The first kappa shape index (κ1) is 10.6. The highest BCUT2D eigenvalue weighted by Crippen LogP contribution is 2.08. The molecule has 0 saturated carbocycles. The predicted octanol–water partition coefficient (Wildman–Crippen LogP) is 2.51. The molecule has 0 N–H and O–H groups in total. The normalized spacial score (nSPS) is 17.4. The van der Waals surface area contributed by atoms with Crippen molar-refractivity contribution in [3.05, 3.63) is 71.4 Å². The fourth-order valence-corrected chi connectivity index (χ4v) is 1.71. The molecule has 16 heavy (non-hydrogen) atoms. The summed E-state index contributed by atoms with van der Waals surface area (Å²) >= 11 is 0. The number of benzene rings is 1. The van der Waals surface area contributed by atoms with Gasteiger partial charge in [0.25, 0.3) is 0 Å². The third kappa shape index (κ3) is 2.57. The van der Waals surface area contributed by atoms with Crippen LogP contribution in [0.4, 0.5) is 0 Å². The number of nitrogens with zero attached hydrogens (tertiary/aromatic N) is 1. The van der Waals surface area contributed by atoms with Crippen molar-refractivity contribution in [2.45, 2.75) is 12.8 Å². The van der Waals surface area contributed by atoms with E-state index in [-0.39, 0.29) is 0 Å². The second-order valence-corrected chi connectivity index (χ2v) is 3.69. The van der Waals surface area contributed by atoms with Crippen molar-refractivity contribution >= 4 is 6.08 Å². The number of rotatable bonds is 2. The second kappa shape index (κ2) is 5.26. The molecule has 80 valence electrons. The minimum Gasteiger partial charge on any atom is -0.253 e. The minimum atomic E-state index is 0.996. The van der Waals surface area contributed by atoms with Crippen molar-refractivity contribution in [2.75, 3.05) is 0 Å². The van der Waals surface area contributed by atoms with Crippen LogP contribution in [0.25, 0.3) is 6.08 Å². The molecule has 1 aromatic rings. The molecule has 0 aromatic heterocycles. The molecule has 1 heteroatoms. The van der Waals surface area contributed by atoms with Gasteiger partial charge in [-0.2, -0.15) is 0 Å². The van der Waals surface area contributed by atoms with Crippen LogP contribution >= 0.6 is 0 Å². The Hall–Kier alpha value is -1.89. The standard InChI is InChI=1S/C15H15N/c1-2-3-4-10-14-11-7-9-13-8-5-6-12-15(13)16-14/h2-6,8-10,12H,1,7,11H2/b4-3-,14-10+. The maximum atomic E-state index is 4.66. The van der Waals surface area contributed by atoms with E-state index < -0.39 is 0 Å². The molecule has 0 aliphatic carbocycles. The Morgan fingerprint density at radius 3 is 2.94 bits per heavy atom. The fourth-order valence-electron chi connectivity index (χ4n) is 1.71. The summed E-state index contributed by atoms with van der Waals surface area (Å²) in [4.78, 5) is 4.66. The van der Waals surface area contributed by atoms with Crippen LogP contribution in [-0.2, 0) is 0 Å². The molecule has 0 radical (unpaired) electrons. The highest BCUT2D eigenvalue weighted by molar-refractivity contribution is 5.28. The van der Waals surface area contributed by atoms with E-state index in [9.17, 15) is 0 Å². The highest BCUT2D eigenvalue weighted by atomic mass is 14.7. The van der Waals surface area contributed by atoms with Gasteiger partial charge >= 0.3 is 0 Å². The van der Waals surface area contributed by atoms with Gasteiger partial charge in [0.05, 0.1) is 5.36 Å². The summed E-state index contributed by atoms with van der Waals surface area (Å²) in [5.41, 5.74) is 1.12. The van der Waals surface area contributed by atoms with E-state index in [2.05, 4.69) is 41.9 Å². The number of allylic oxidation sites excluding steroid dienone is 5. The molecule has 1 nitrogen and oxygen atoms in total. The molecule has 0 fully saturated rings. The maximum Gasteiger partial charge on any atom is 0.0702 e. The molecular weight excluding hydrogens is 194 g/mol. The van der Waals surface area contributed by atoms with Crippen LogP contribution in [0.1, 0.15) is 12.8 Å². The summed E-state index contributed by atoms with van der Waals surface area (Å²) in [6, 6.07) is 8.25. The SMILES string of the molecule is C=C/C=C\C=C1/CCC=c2ccccc2=N1. The lowest BCUT2D eigenvalue weighted by Gasteiger charge is -1.94. The van der Waals surface area contributed by atoms with E-state index in [0.717, 1.165) is 23.9 Å². The van der Waals surface area contributed by atoms with E-state index in [1.807, 2.05) is 18.2 Å². The Bertz CT molecular complexity index is 547. The lowest BCUT2D eigenvalue weighted by molar-refractivity contribution is 0.985. The lowest BCUT2D eigenvalue weighted by atomic mass is 10.2. The van der Waals surface area contributed by atoms with Crippen LogP contribution in [0.5, 0.6) is 0 Å². The molecule has 0 saturated heterocycles. The zero-order chi connectivity index (χ0) is 11.2. The third-order valence-electron chi connectivity index (χ3n) is 2.50. The smallest absolute Gasteiger partial charge is 0.0702 e. The van der Waals surface area contributed by atoms with Crippen molar-refractivity contribution in [3.8, 4) is 0 Å².